The molecule has 0 heterocycles. The molecule has 16 heavy (non-hydrogen) atoms. The molecule has 0 saturated heterocycles. The van der Waals surface area contributed by atoms with Gasteiger partial charge in [-0.15, -0.1) is 0 Å². The van der Waals surface area contributed by atoms with Crippen LogP contribution in [0.5, 0.6) is 0 Å². The second-order valence-electron chi connectivity index (χ2n) is 3.77. The summed E-state index contributed by atoms with van der Waals surface area (Å²) < 4.78 is 4.85. The Morgan fingerprint density at radius 1 is 1.56 bits per heavy atom. The average Bonchev–Trinajstić information content (AvgIpc) is 2.22. The molecule has 0 spiro atoms. The molecule has 5 heteroatoms. The number of carbonyl (C=O) groups excluding carboxylic acids is 1. The average molecular weight is 242 g/mol. The summed E-state index contributed by atoms with van der Waals surface area (Å²) >= 11 is 6.01. The number of hydrogen-bond donors (Lipinski definition) is 2. The largest absolute Gasteiger partial charge is 0.443 e. The number of primary amides is 1. The maximum atomic E-state index is 10.7. The summed E-state index contributed by atoms with van der Waals surface area (Å²) in [5.41, 5.74) is 6.57. The van der Waals surface area contributed by atoms with Crippen molar-refractivity contribution in [2.75, 3.05) is 0 Å². The first kappa shape index (κ1) is 11.2. The van der Waals surface area contributed by atoms with Crippen LogP contribution in [-0.4, -0.2) is 17.3 Å². The van der Waals surface area contributed by atoms with Crippen LogP contribution in [0.25, 0.3) is 0 Å². The van der Waals surface area contributed by atoms with Crippen LogP contribution in [0.4, 0.5) is 4.79 Å². The first-order chi connectivity index (χ1) is 7.59. The Kier molecular flexibility index (Phi) is 3.03. The third kappa shape index (κ3) is 1.99. The van der Waals surface area contributed by atoms with E-state index in [9.17, 15) is 9.90 Å². The van der Waals surface area contributed by atoms with Crippen LogP contribution in [0.2, 0.25) is 5.02 Å². The summed E-state index contributed by atoms with van der Waals surface area (Å²) in [5, 5.41) is 10.5. The molecule has 0 fully saturated rings. The number of ether oxygens (including phenoxy) is 1. The fourth-order valence-corrected chi connectivity index (χ4v) is 2.35. The quantitative estimate of drug-likeness (QED) is 0.787. The fraction of sp³-hybridized carbons (Fsp3) is 0.364. The van der Waals surface area contributed by atoms with Crippen LogP contribution >= 0.6 is 11.6 Å². The number of carbonyl (C=O) groups is 1. The third-order valence-corrected chi connectivity index (χ3v) is 3.09. The van der Waals surface area contributed by atoms with E-state index in [1.165, 1.54) is 0 Å². The van der Waals surface area contributed by atoms with Gasteiger partial charge in [-0.2, -0.15) is 0 Å². The van der Waals surface area contributed by atoms with Crippen LogP contribution < -0.4 is 5.73 Å². The standard InChI is InChI=1S/C11H12ClNO3/c12-7-3-1-2-6-4-5-8(16-11(13)15)10(14)9(6)7/h1-3,8,10,14H,4-5H2,(H2,13,15)/t8-,10-/m1/s1. The van der Waals surface area contributed by atoms with Crippen LogP contribution in [0.15, 0.2) is 18.2 Å². The van der Waals surface area contributed by atoms with Gasteiger partial charge in [0.05, 0.1) is 0 Å². The van der Waals surface area contributed by atoms with E-state index in [0.717, 1.165) is 5.56 Å². The molecule has 0 aliphatic heterocycles. The van der Waals surface area contributed by atoms with Gasteiger partial charge in [-0.05, 0) is 24.5 Å². The molecule has 0 bridgehead atoms. The summed E-state index contributed by atoms with van der Waals surface area (Å²) in [7, 11) is 0. The van der Waals surface area contributed by atoms with Gasteiger partial charge in [0.2, 0.25) is 0 Å². The van der Waals surface area contributed by atoms with Crippen LogP contribution in [0.3, 0.4) is 0 Å². The lowest BCUT2D eigenvalue weighted by Crippen LogP contribution is -2.32. The van der Waals surface area contributed by atoms with Crippen molar-refractivity contribution in [3.63, 3.8) is 0 Å². The molecule has 1 amide bonds. The molecule has 0 aromatic heterocycles. The minimum atomic E-state index is -0.898. The number of amides is 1. The number of fused-ring (bicyclic) bond motifs is 1. The normalized spacial score (nSPS) is 23.6. The molecular formula is C11H12ClNO3. The van der Waals surface area contributed by atoms with Crippen molar-refractivity contribution in [2.45, 2.75) is 25.0 Å². The Morgan fingerprint density at radius 2 is 2.31 bits per heavy atom. The van der Waals surface area contributed by atoms with Gasteiger partial charge in [-0.3, -0.25) is 0 Å². The van der Waals surface area contributed by atoms with Gasteiger partial charge in [-0.1, -0.05) is 23.7 Å². The summed E-state index contributed by atoms with van der Waals surface area (Å²) in [6.07, 6.45) is -1.11. The minimum Gasteiger partial charge on any atom is -0.443 e. The number of aliphatic hydroxyl groups excluding tert-OH is 1. The Morgan fingerprint density at radius 3 is 3.00 bits per heavy atom. The van der Waals surface area contributed by atoms with E-state index in [-0.39, 0.29) is 0 Å². The van der Waals surface area contributed by atoms with E-state index in [4.69, 9.17) is 22.1 Å². The number of benzene rings is 1. The molecular weight excluding hydrogens is 230 g/mol. The van der Waals surface area contributed by atoms with Gasteiger partial charge in [0.15, 0.2) is 0 Å². The number of aliphatic hydroxyl groups is 1. The monoisotopic (exact) mass is 241 g/mol. The minimum absolute atomic E-state index is 0.489. The van der Waals surface area contributed by atoms with Crippen molar-refractivity contribution in [3.05, 3.63) is 34.3 Å². The Hall–Kier alpha value is -1.26. The second kappa shape index (κ2) is 4.31. The summed E-state index contributed by atoms with van der Waals surface area (Å²) in [5.74, 6) is 0. The first-order valence-electron chi connectivity index (χ1n) is 5.01. The molecule has 0 unspecified atom stereocenters. The molecule has 1 aromatic rings. The number of hydrogen-bond acceptors (Lipinski definition) is 3. The fourth-order valence-electron chi connectivity index (χ4n) is 2.05. The van der Waals surface area contributed by atoms with Gasteiger partial charge >= 0.3 is 6.09 Å². The van der Waals surface area contributed by atoms with Crippen molar-refractivity contribution in [1.29, 1.82) is 0 Å². The number of rotatable bonds is 1. The van der Waals surface area contributed by atoms with E-state index < -0.39 is 18.3 Å². The number of aryl methyl sites for hydroxylation is 1. The van der Waals surface area contributed by atoms with Gasteiger partial charge < -0.3 is 15.6 Å². The van der Waals surface area contributed by atoms with Crippen molar-refractivity contribution in [2.24, 2.45) is 5.73 Å². The van der Waals surface area contributed by atoms with E-state index in [1.54, 1.807) is 6.07 Å². The number of nitrogens with two attached hydrogens (primary N) is 1. The summed E-state index contributed by atoms with van der Waals surface area (Å²) in [6, 6.07) is 5.45. The number of halogens is 1. The van der Waals surface area contributed by atoms with Crippen molar-refractivity contribution >= 4 is 17.7 Å². The lowest BCUT2D eigenvalue weighted by atomic mass is 9.87. The maximum absolute atomic E-state index is 10.7. The topological polar surface area (TPSA) is 72.6 Å². The molecule has 4 nitrogen and oxygen atoms in total. The second-order valence-corrected chi connectivity index (χ2v) is 4.18. The highest BCUT2D eigenvalue weighted by Crippen LogP contribution is 2.36. The highest BCUT2D eigenvalue weighted by atomic mass is 35.5. The zero-order valence-corrected chi connectivity index (χ0v) is 9.28. The van der Waals surface area contributed by atoms with Crippen molar-refractivity contribution < 1.29 is 14.6 Å². The maximum Gasteiger partial charge on any atom is 0.404 e. The Bertz CT molecular complexity index is 422. The lowest BCUT2D eigenvalue weighted by Gasteiger charge is -2.29. The zero-order valence-electron chi connectivity index (χ0n) is 8.52. The molecule has 2 rings (SSSR count). The zero-order chi connectivity index (χ0) is 11.7. The van der Waals surface area contributed by atoms with Gasteiger partial charge in [0.1, 0.15) is 12.2 Å². The lowest BCUT2D eigenvalue weighted by molar-refractivity contribution is -0.00515. The Labute approximate surface area is 98.0 Å². The van der Waals surface area contributed by atoms with Crippen molar-refractivity contribution in [3.8, 4) is 0 Å². The van der Waals surface area contributed by atoms with E-state index in [0.29, 0.717) is 23.4 Å². The van der Waals surface area contributed by atoms with E-state index >= 15 is 0 Å². The Balaban J connectivity index is 2.30. The highest BCUT2D eigenvalue weighted by Gasteiger charge is 2.31. The third-order valence-electron chi connectivity index (χ3n) is 2.76. The van der Waals surface area contributed by atoms with Crippen LogP contribution in [-0.2, 0) is 11.2 Å². The molecule has 1 aliphatic carbocycles. The van der Waals surface area contributed by atoms with Gasteiger partial charge in [0, 0.05) is 10.6 Å². The van der Waals surface area contributed by atoms with E-state index in [1.807, 2.05) is 12.1 Å². The smallest absolute Gasteiger partial charge is 0.404 e. The molecule has 1 aliphatic rings. The summed E-state index contributed by atoms with van der Waals surface area (Å²) in [4.78, 5) is 10.7. The van der Waals surface area contributed by atoms with Crippen LogP contribution in [0.1, 0.15) is 23.7 Å². The molecule has 0 radical (unpaired) electrons. The highest BCUT2D eigenvalue weighted by molar-refractivity contribution is 6.31. The SMILES string of the molecule is NC(=O)O[C@@H]1CCc2cccc(Cl)c2[C@@H]1O. The van der Waals surface area contributed by atoms with Crippen molar-refractivity contribution in [1.82, 2.24) is 0 Å². The van der Waals surface area contributed by atoms with E-state index in [2.05, 4.69) is 0 Å². The molecule has 1 aromatic carbocycles. The predicted molar refractivity (Wildman–Crippen MR) is 59.2 cm³/mol. The van der Waals surface area contributed by atoms with Gasteiger partial charge in [0.25, 0.3) is 0 Å². The molecule has 2 atom stereocenters. The molecule has 0 saturated carbocycles. The summed E-state index contributed by atoms with van der Waals surface area (Å²) in [6.45, 7) is 0. The molecule has 3 N–H and O–H groups in total. The predicted octanol–water partition coefficient (Wildman–Crippen LogP) is 1.78. The van der Waals surface area contributed by atoms with Gasteiger partial charge in [-0.25, -0.2) is 4.79 Å². The van der Waals surface area contributed by atoms with Crippen LogP contribution in [0, 0.1) is 0 Å². The molecule has 86 valence electrons. The first-order valence-corrected chi connectivity index (χ1v) is 5.39.